The second-order valence-corrected chi connectivity index (χ2v) is 7.50. The minimum absolute atomic E-state index is 0.0211. The van der Waals surface area contributed by atoms with Crippen molar-refractivity contribution in [2.24, 2.45) is 5.92 Å². The van der Waals surface area contributed by atoms with Crippen LogP contribution in [0.25, 0.3) is 10.9 Å². The molecule has 7 nitrogen and oxygen atoms in total. The number of unbranched alkanes of at least 4 members (excludes halogenated alkanes) is 1. The van der Waals surface area contributed by atoms with Crippen molar-refractivity contribution in [3.63, 3.8) is 0 Å². The molecular weight excluding hydrogens is 370 g/mol. The van der Waals surface area contributed by atoms with Crippen LogP contribution >= 0.6 is 0 Å². The summed E-state index contributed by atoms with van der Waals surface area (Å²) in [6.45, 7) is 4.94. The summed E-state index contributed by atoms with van der Waals surface area (Å²) >= 11 is 0. The van der Waals surface area contributed by atoms with E-state index in [1.807, 2.05) is 6.92 Å². The Morgan fingerprint density at radius 1 is 1.24 bits per heavy atom. The molecule has 1 aromatic carbocycles. The number of carbonyl (C=O) groups is 1. The Kier molecular flexibility index (Phi) is 7.12. The first-order valence-electron chi connectivity index (χ1n) is 10.7. The van der Waals surface area contributed by atoms with Crippen LogP contribution in [0, 0.1) is 5.92 Å². The lowest BCUT2D eigenvalue weighted by Gasteiger charge is -2.21. The Morgan fingerprint density at radius 3 is 2.66 bits per heavy atom. The van der Waals surface area contributed by atoms with Crippen molar-refractivity contribution in [3.05, 3.63) is 22.5 Å². The smallest absolute Gasteiger partial charge is 0.262 e. The highest BCUT2D eigenvalue weighted by molar-refractivity contribution is 5.93. The number of hydrogen-bond donors (Lipinski definition) is 1. The van der Waals surface area contributed by atoms with Gasteiger partial charge in [0.25, 0.3) is 5.56 Å². The highest BCUT2D eigenvalue weighted by Gasteiger charge is 2.24. The topological polar surface area (TPSA) is 82.5 Å². The number of aromatic nitrogens is 2. The molecule has 0 aliphatic heterocycles. The molecule has 7 heteroatoms. The SMILES string of the molecule is CCCCOc1ccc2c(=O)n(CC)c(NC(=O)C3CCCCC3)nc2c1OC. The van der Waals surface area contributed by atoms with Crippen LogP contribution in [0.15, 0.2) is 16.9 Å². The Labute approximate surface area is 171 Å². The van der Waals surface area contributed by atoms with Crippen molar-refractivity contribution in [2.45, 2.75) is 65.3 Å². The van der Waals surface area contributed by atoms with Gasteiger partial charge in [0.05, 0.1) is 19.1 Å². The summed E-state index contributed by atoms with van der Waals surface area (Å²) < 4.78 is 12.9. The van der Waals surface area contributed by atoms with E-state index in [-0.39, 0.29) is 23.3 Å². The number of nitrogens with one attached hydrogen (secondary N) is 1. The van der Waals surface area contributed by atoms with Crippen LogP contribution in [-0.2, 0) is 11.3 Å². The second-order valence-electron chi connectivity index (χ2n) is 7.50. The first-order chi connectivity index (χ1) is 14.1. The summed E-state index contributed by atoms with van der Waals surface area (Å²) in [7, 11) is 1.54. The van der Waals surface area contributed by atoms with Gasteiger partial charge in [0.1, 0.15) is 5.52 Å². The van der Waals surface area contributed by atoms with Gasteiger partial charge in [0, 0.05) is 12.5 Å². The predicted molar refractivity (Wildman–Crippen MR) is 114 cm³/mol. The zero-order valence-corrected chi connectivity index (χ0v) is 17.6. The first kappa shape index (κ1) is 21.1. The van der Waals surface area contributed by atoms with Crippen LogP contribution in [0.1, 0.15) is 58.8 Å². The molecule has 3 rings (SSSR count). The summed E-state index contributed by atoms with van der Waals surface area (Å²) in [5, 5.41) is 3.35. The van der Waals surface area contributed by atoms with Crippen LogP contribution in [0.4, 0.5) is 5.95 Å². The average molecular weight is 402 g/mol. The minimum Gasteiger partial charge on any atom is -0.491 e. The molecule has 0 unspecified atom stereocenters. The quantitative estimate of drug-likeness (QED) is 0.673. The lowest BCUT2D eigenvalue weighted by molar-refractivity contribution is -0.120. The van der Waals surface area contributed by atoms with E-state index < -0.39 is 0 Å². The number of fused-ring (bicyclic) bond motifs is 1. The van der Waals surface area contributed by atoms with Crippen molar-refractivity contribution in [1.82, 2.24) is 9.55 Å². The molecule has 1 saturated carbocycles. The van der Waals surface area contributed by atoms with E-state index in [2.05, 4.69) is 17.2 Å². The number of anilines is 1. The van der Waals surface area contributed by atoms with E-state index in [1.165, 1.54) is 18.1 Å². The largest absolute Gasteiger partial charge is 0.491 e. The van der Waals surface area contributed by atoms with Crippen LogP contribution in [0.5, 0.6) is 11.5 Å². The lowest BCUT2D eigenvalue weighted by Crippen LogP contribution is -2.30. The predicted octanol–water partition coefficient (Wildman–Crippen LogP) is 4.12. The minimum atomic E-state index is -0.199. The Hall–Kier alpha value is -2.57. The number of methoxy groups -OCH3 is 1. The Morgan fingerprint density at radius 2 is 2.00 bits per heavy atom. The van der Waals surface area contributed by atoms with Gasteiger partial charge >= 0.3 is 0 Å². The number of amides is 1. The molecule has 1 amide bonds. The fourth-order valence-corrected chi connectivity index (χ4v) is 3.85. The van der Waals surface area contributed by atoms with Crippen LogP contribution in [0.3, 0.4) is 0 Å². The number of benzene rings is 1. The molecule has 0 bridgehead atoms. The van der Waals surface area contributed by atoms with E-state index in [9.17, 15) is 9.59 Å². The number of ether oxygens (including phenoxy) is 2. The molecule has 1 N–H and O–H groups in total. The van der Waals surface area contributed by atoms with Gasteiger partial charge in [-0.25, -0.2) is 4.98 Å². The molecule has 1 aliphatic rings. The van der Waals surface area contributed by atoms with Gasteiger partial charge in [0.2, 0.25) is 11.9 Å². The zero-order chi connectivity index (χ0) is 20.8. The van der Waals surface area contributed by atoms with Gasteiger partial charge < -0.3 is 9.47 Å². The van der Waals surface area contributed by atoms with Gasteiger partial charge in [-0.05, 0) is 38.3 Å². The standard InChI is InChI=1S/C22H31N3O4/c1-4-6-14-29-17-13-12-16-18(19(17)28-3)23-22(25(5-2)21(16)27)24-20(26)15-10-8-7-9-11-15/h12-13,15H,4-11,14H2,1-3H3,(H,23,24,26). The Bertz CT molecular complexity index is 916. The number of rotatable bonds is 8. The van der Waals surface area contributed by atoms with Crippen LogP contribution in [0.2, 0.25) is 0 Å². The molecule has 0 spiro atoms. The monoisotopic (exact) mass is 401 g/mol. The van der Waals surface area contributed by atoms with Crippen molar-refractivity contribution in [3.8, 4) is 11.5 Å². The van der Waals surface area contributed by atoms with E-state index in [1.54, 1.807) is 12.1 Å². The molecular formula is C22H31N3O4. The van der Waals surface area contributed by atoms with E-state index >= 15 is 0 Å². The molecule has 1 aliphatic carbocycles. The third kappa shape index (κ3) is 4.54. The molecule has 158 valence electrons. The van der Waals surface area contributed by atoms with Gasteiger partial charge in [-0.2, -0.15) is 0 Å². The average Bonchev–Trinajstić information content (AvgIpc) is 2.74. The molecule has 29 heavy (non-hydrogen) atoms. The third-order valence-electron chi connectivity index (χ3n) is 5.53. The van der Waals surface area contributed by atoms with E-state index in [4.69, 9.17) is 9.47 Å². The molecule has 0 radical (unpaired) electrons. The number of hydrogen-bond acceptors (Lipinski definition) is 5. The van der Waals surface area contributed by atoms with Gasteiger partial charge in [0.15, 0.2) is 11.5 Å². The van der Waals surface area contributed by atoms with Crippen LogP contribution < -0.4 is 20.3 Å². The molecule has 1 fully saturated rings. The molecule has 1 heterocycles. The van der Waals surface area contributed by atoms with Crippen LogP contribution in [-0.4, -0.2) is 29.2 Å². The van der Waals surface area contributed by atoms with Crippen molar-refractivity contribution in [2.75, 3.05) is 19.0 Å². The van der Waals surface area contributed by atoms with E-state index in [0.29, 0.717) is 35.6 Å². The highest BCUT2D eigenvalue weighted by atomic mass is 16.5. The number of nitrogens with zero attached hydrogens (tertiary/aromatic N) is 2. The fraction of sp³-hybridized carbons (Fsp3) is 0.591. The maximum atomic E-state index is 13.1. The summed E-state index contributed by atoms with van der Waals surface area (Å²) in [5.41, 5.74) is 0.213. The van der Waals surface area contributed by atoms with Gasteiger partial charge in [-0.15, -0.1) is 0 Å². The second kappa shape index (κ2) is 9.76. The Balaban J connectivity index is 2.01. The summed E-state index contributed by atoms with van der Waals surface area (Å²) in [4.78, 5) is 30.4. The third-order valence-corrected chi connectivity index (χ3v) is 5.53. The summed E-state index contributed by atoms with van der Waals surface area (Å²) in [5.74, 6) is 1.16. The summed E-state index contributed by atoms with van der Waals surface area (Å²) in [6, 6.07) is 3.47. The first-order valence-corrected chi connectivity index (χ1v) is 10.7. The lowest BCUT2D eigenvalue weighted by atomic mass is 9.89. The van der Waals surface area contributed by atoms with Crippen molar-refractivity contribution < 1.29 is 14.3 Å². The maximum Gasteiger partial charge on any atom is 0.262 e. The zero-order valence-electron chi connectivity index (χ0n) is 17.6. The molecule has 2 aromatic rings. The normalized spacial score (nSPS) is 14.7. The highest BCUT2D eigenvalue weighted by Crippen LogP contribution is 2.34. The molecule has 1 aromatic heterocycles. The van der Waals surface area contributed by atoms with Crippen molar-refractivity contribution >= 4 is 22.8 Å². The van der Waals surface area contributed by atoms with Gasteiger partial charge in [-0.1, -0.05) is 32.6 Å². The maximum absolute atomic E-state index is 13.1. The fourth-order valence-electron chi connectivity index (χ4n) is 3.85. The molecule has 0 saturated heterocycles. The number of carbonyl (C=O) groups excluding carboxylic acids is 1. The molecule has 0 atom stereocenters. The van der Waals surface area contributed by atoms with Crippen molar-refractivity contribution in [1.29, 1.82) is 0 Å². The van der Waals surface area contributed by atoms with E-state index in [0.717, 1.165) is 38.5 Å². The summed E-state index contributed by atoms with van der Waals surface area (Å²) in [6.07, 6.45) is 7.02. The van der Waals surface area contributed by atoms with Gasteiger partial charge in [-0.3, -0.25) is 19.5 Å².